The number of likely N-dealkylation sites (tertiary alicyclic amines) is 1. The summed E-state index contributed by atoms with van der Waals surface area (Å²) in [6.07, 6.45) is 8.50. The van der Waals surface area contributed by atoms with Gasteiger partial charge in [-0.2, -0.15) is 5.26 Å². The summed E-state index contributed by atoms with van der Waals surface area (Å²) >= 11 is 6.46. The molecule has 6 heteroatoms. The molecule has 0 aromatic heterocycles. The van der Waals surface area contributed by atoms with Crippen molar-refractivity contribution in [3.63, 3.8) is 0 Å². The molecule has 0 radical (unpaired) electrons. The Morgan fingerprint density at radius 1 is 1.40 bits per heavy atom. The summed E-state index contributed by atoms with van der Waals surface area (Å²) < 4.78 is 1.67. The molecule has 5 nitrogen and oxygen atoms in total. The second kappa shape index (κ2) is 7.82. The van der Waals surface area contributed by atoms with Gasteiger partial charge in [-0.15, -0.1) is 0 Å². The summed E-state index contributed by atoms with van der Waals surface area (Å²) in [5, 5.41) is 19.9. The first-order chi connectivity index (χ1) is 12.0. The van der Waals surface area contributed by atoms with Gasteiger partial charge in [0.15, 0.2) is 0 Å². The molecule has 3 rings (SSSR count). The molecule has 1 N–H and O–H groups in total. The Morgan fingerprint density at radius 2 is 2.08 bits per heavy atom. The molecule has 1 aliphatic heterocycles. The number of amides is 1. The molecule has 2 saturated carbocycles. The molecule has 25 heavy (non-hydrogen) atoms. The Labute approximate surface area is 156 Å². The molecule has 5 atom stereocenters. The fraction of sp³-hybridized carbons (Fsp3) is 0.895. The van der Waals surface area contributed by atoms with Crippen LogP contribution in [0.15, 0.2) is 0 Å². The van der Waals surface area contributed by atoms with Crippen LogP contribution in [0.3, 0.4) is 0 Å². The first-order valence-electron chi connectivity index (χ1n) is 9.79. The van der Waals surface area contributed by atoms with E-state index in [-0.39, 0.29) is 24.5 Å². The fourth-order valence-corrected chi connectivity index (χ4v) is 5.49. The lowest BCUT2D eigenvalue weighted by Crippen LogP contribution is -2.42. The van der Waals surface area contributed by atoms with Crippen molar-refractivity contribution >= 4 is 17.7 Å². The Kier molecular flexibility index (Phi) is 5.92. The van der Waals surface area contributed by atoms with Crippen molar-refractivity contribution in [2.45, 2.75) is 82.4 Å². The van der Waals surface area contributed by atoms with Gasteiger partial charge >= 0.3 is 0 Å². The Hall–Kier alpha value is -0.830. The van der Waals surface area contributed by atoms with Crippen LogP contribution >= 0.6 is 11.8 Å². The van der Waals surface area contributed by atoms with E-state index in [9.17, 15) is 9.90 Å². The summed E-state index contributed by atoms with van der Waals surface area (Å²) in [6, 6.07) is 2.14. The molecule has 3 aliphatic rings. The predicted molar refractivity (Wildman–Crippen MR) is 96.6 cm³/mol. The van der Waals surface area contributed by atoms with Gasteiger partial charge in [-0.1, -0.05) is 19.8 Å². The van der Waals surface area contributed by atoms with Crippen LogP contribution in [0, 0.1) is 23.2 Å². The van der Waals surface area contributed by atoms with Gasteiger partial charge in [0.1, 0.15) is 6.04 Å². The molecule has 2 unspecified atom stereocenters. The Bertz CT molecular complexity index is 521. The molecule has 1 heterocycles. The Balaban J connectivity index is 1.49. The van der Waals surface area contributed by atoms with Crippen molar-refractivity contribution in [2.75, 3.05) is 13.1 Å². The molecular formula is C19H30ClN3O2. The number of carbonyl (C=O) groups excluding carboxylic acids is 1. The van der Waals surface area contributed by atoms with Crippen molar-refractivity contribution < 1.29 is 9.90 Å². The first-order valence-corrected chi connectivity index (χ1v) is 10.1. The van der Waals surface area contributed by atoms with E-state index in [1.54, 1.807) is 9.32 Å². The van der Waals surface area contributed by atoms with Gasteiger partial charge in [0.25, 0.3) is 0 Å². The number of nitrogens with zero attached hydrogens (tertiary/aromatic N) is 3. The van der Waals surface area contributed by atoms with Gasteiger partial charge in [0.2, 0.25) is 5.91 Å². The lowest BCUT2D eigenvalue weighted by atomic mass is 9.91. The molecule has 1 amide bonds. The summed E-state index contributed by atoms with van der Waals surface area (Å²) in [5.41, 5.74) is -0.473. The average molecular weight is 368 g/mol. The van der Waals surface area contributed by atoms with Gasteiger partial charge in [-0.05, 0) is 68.6 Å². The highest BCUT2D eigenvalue weighted by Crippen LogP contribution is 2.51. The van der Waals surface area contributed by atoms with Gasteiger partial charge in [-0.25, -0.2) is 4.42 Å². The van der Waals surface area contributed by atoms with E-state index in [0.29, 0.717) is 18.4 Å². The molecule has 3 fully saturated rings. The number of carbonyl (C=O) groups is 1. The minimum Gasteiger partial charge on any atom is -0.390 e. The number of rotatable bonds is 6. The molecule has 0 aromatic rings. The van der Waals surface area contributed by atoms with Crippen LogP contribution in [0.25, 0.3) is 0 Å². The van der Waals surface area contributed by atoms with Gasteiger partial charge in [-0.3, -0.25) is 4.79 Å². The van der Waals surface area contributed by atoms with Crippen LogP contribution in [-0.2, 0) is 4.79 Å². The van der Waals surface area contributed by atoms with E-state index < -0.39 is 5.60 Å². The maximum Gasteiger partial charge on any atom is 0.239 e. The smallest absolute Gasteiger partial charge is 0.239 e. The average Bonchev–Trinajstić information content (AvgIpc) is 3.25. The van der Waals surface area contributed by atoms with Crippen LogP contribution in [0.2, 0.25) is 0 Å². The van der Waals surface area contributed by atoms with Gasteiger partial charge < -0.3 is 10.0 Å². The molecule has 2 aliphatic carbocycles. The second-order valence-electron chi connectivity index (χ2n) is 8.31. The highest BCUT2D eigenvalue weighted by Gasteiger charge is 2.49. The van der Waals surface area contributed by atoms with Gasteiger partial charge in [0, 0.05) is 12.6 Å². The number of fused-ring (bicyclic) bond motifs is 1. The highest BCUT2D eigenvalue weighted by molar-refractivity contribution is 6.14. The summed E-state index contributed by atoms with van der Waals surface area (Å²) in [5.74, 6) is 1.03. The lowest BCUT2D eigenvalue weighted by Gasteiger charge is -2.28. The number of nitriles is 1. The van der Waals surface area contributed by atoms with Crippen molar-refractivity contribution in [3.8, 4) is 6.07 Å². The summed E-state index contributed by atoms with van der Waals surface area (Å²) in [4.78, 5) is 14.1. The number of hydrogen-bond acceptors (Lipinski definition) is 4. The quantitative estimate of drug-likeness (QED) is 0.732. The zero-order valence-electron chi connectivity index (χ0n) is 15.2. The van der Waals surface area contributed by atoms with E-state index in [4.69, 9.17) is 17.0 Å². The van der Waals surface area contributed by atoms with Crippen LogP contribution in [0.4, 0.5) is 0 Å². The number of hydrogen-bond donors (Lipinski definition) is 1. The van der Waals surface area contributed by atoms with E-state index in [0.717, 1.165) is 57.8 Å². The Morgan fingerprint density at radius 3 is 2.68 bits per heavy atom. The maximum absolute atomic E-state index is 12.5. The van der Waals surface area contributed by atoms with Crippen LogP contribution < -0.4 is 0 Å². The van der Waals surface area contributed by atoms with E-state index in [1.807, 2.05) is 0 Å². The molecule has 0 bridgehead atoms. The summed E-state index contributed by atoms with van der Waals surface area (Å²) in [7, 11) is 0. The first kappa shape index (κ1) is 18.9. The molecule has 140 valence electrons. The SMILES string of the molecule is CCCCC1(O)C[C@H]2CC(N(Cl)CC(=O)N3CCC[C@H]3C#N)C[C@H]2C1. The van der Waals surface area contributed by atoms with E-state index >= 15 is 0 Å². The van der Waals surface area contributed by atoms with E-state index in [1.165, 1.54) is 0 Å². The van der Waals surface area contributed by atoms with Crippen LogP contribution in [0.1, 0.15) is 64.7 Å². The topological polar surface area (TPSA) is 67.6 Å². The second-order valence-corrected chi connectivity index (χ2v) is 8.75. The highest BCUT2D eigenvalue weighted by atomic mass is 35.5. The lowest BCUT2D eigenvalue weighted by molar-refractivity contribution is -0.131. The zero-order chi connectivity index (χ0) is 18.0. The van der Waals surface area contributed by atoms with Gasteiger partial charge in [0.05, 0.1) is 18.2 Å². The third kappa shape index (κ3) is 4.13. The van der Waals surface area contributed by atoms with Crippen molar-refractivity contribution in [1.29, 1.82) is 5.26 Å². The molecule has 1 saturated heterocycles. The minimum absolute atomic E-state index is 0.0319. The standard InChI is InChI=1S/C19H30ClN3O2/c1-2-3-6-19(25)10-14-8-17(9-15(14)11-19)23(20)13-18(24)22-7-4-5-16(22)12-21/h14-17,25H,2-11,13H2,1H3/t14-,15+,16-,17?,19?/m0/s1. The third-order valence-electron chi connectivity index (χ3n) is 6.50. The largest absolute Gasteiger partial charge is 0.390 e. The minimum atomic E-state index is -0.473. The monoisotopic (exact) mass is 367 g/mol. The maximum atomic E-state index is 12.5. The number of aliphatic hydroxyl groups is 1. The summed E-state index contributed by atoms with van der Waals surface area (Å²) in [6.45, 7) is 3.01. The molecule has 0 aromatic carbocycles. The van der Waals surface area contributed by atoms with Crippen molar-refractivity contribution in [2.24, 2.45) is 11.8 Å². The van der Waals surface area contributed by atoms with E-state index in [2.05, 4.69) is 13.0 Å². The van der Waals surface area contributed by atoms with Crippen molar-refractivity contribution in [3.05, 3.63) is 0 Å². The van der Waals surface area contributed by atoms with Crippen LogP contribution in [-0.4, -0.2) is 51.1 Å². The zero-order valence-corrected chi connectivity index (χ0v) is 15.9. The molecular weight excluding hydrogens is 338 g/mol. The predicted octanol–water partition coefficient (Wildman–Crippen LogP) is 3.07. The fourth-order valence-electron chi connectivity index (χ4n) is 5.23. The van der Waals surface area contributed by atoms with Crippen molar-refractivity contribution in [1.82, 2.24) is 9.32 Å². The van der Waals surface area contributed by atoms with Crippen LogP contribution in [0.5, 0.6) is 0 Å². The number of halogens is 1. The normalized spacial score (nSPS) is 37.5. The molecule has 0 spiro atoms. The third-order valence-corrected chi connectivity index (χ3v) is 6.90. The number of unbranched alkanes of at least 4 members (excludes halogenated alkanes) is 1.